The Morgan fingerprint density at radius 3 is 2.67 bits per heavy atom. The summed E-state index contributed by atoms with van der Waals surface area (Å²) < 4.78 is 5.00. The van der Waals surface area contributed by atoms with Gasteiger partial charge < -0.3 is 10.5 Å². The Labute approximate surface area is 74.3 Å². The van der Waals surface area contributed by atoms with Crippen molar-refractivity contribution in [3.8, 4) is 0 Å². The fraction of sp³-hybridized carbons (Fsp3) is 0.889. The number of carbonyl (C=O) groups is 1. The van der Waals surface area contributed by atoms with Gasteiger partial charge in [0, 0.05) is 13.0 Å². The summed E-state index contributed by atoms with van der Waals surface area (Å²) >= 11 is 0. The fourth-order valence-corrected chi connectivity index (χ4v) is 0.791. The predicted molar refractivity (Wildman–Crippen MR) is 49.0 cm³/mol. The highest BCUT2D eigenvalue weighted by Gasteiger charge is 2.02. The quantitative estimate of drug-likeness (QED) is 0.583. The molecule has 0 saturated carbocycles. The van der Waals surface area contributed by atoms with Gasteiger partial charge in [0.25, 0.3) is 0 Å². The van der Waals surface area contributed by atoms with E-state index in [4.69, 9.17) is 10.5 Å². The second-order valence-electron chi connectivity index (χ2n) is 3.31. The van der Waals surface area contributed by atoms with E-state index < -0.39 is 0 Å². The summed E-state index contributed by atoms with van der Waals surface area (Å²) in [5, 5.41) is 0. The van der Waals surface area contributed by atoms with Gasteiger partial charge in [-0.15, -0.1) is 0 Å². The first kappa shape index (κ1) is 11.6. The highest BCUT2D eigenvalue weighted by molar-refractivity contribution is 5.79. The Morgan fingerprint density at radius 1 is 1.50 bits per heavy atom. The van der Waals surface area contributed by atoms with Crippen molar-refractivity contribution in [3.63, 3.8) is 0 Å². The number of rotatable bonds is 7. The molecule has 0 heterocycles. The molecule has 0 aliphatic heterocycles. The highest BCUT2D eigenvalue weighted by atomic mass is 16.5. The molecule has 0 fully saturated rings. The third kappa shape index (κ3) is 7.69. The average Bonchev–Trinajstić information content (AvgIpc) is 2.01. The zero-order valence-electron chi connectivity index (χ0n) is 8.01. The molecule has 0 rings (SSSR count). The molecule has 3 heteroatoms. The molecule has 3 nitrogen and oxygen atoms in total. The Morgan fingerprint density at radius 2 is 2.17 bits per heavy atom. The Kier molecular flexibility index (Phi) is 7.00. The Balaban J connectivity index is 3.22. The van der Waals surface area contributed by atoms with E-state index >= 15 is 0 Å². The first-order chi connectivity index (χ1) is 5.66. The minimum absolute atomic E-state index is 0.178. The number of nitrogens with two attached hydrogens (primary N) is 1. The van der Waals surface area contributed by atoms with Crippen molar-refractivity contribution in [2.24, 2.45) is 11.7 Å². The van der Waals surface area contributed by atoms with Crippen LogP contribution < -0.4 is 5.73 Å². The van der Waals surface area contributed by atoms with E-state index in [2.05, 4.69) is 13.8 Å². The van der Waals surface area contributed by atoms with E-state index in [0.29, 0.717) is 25.5 Å². The number of ketones is 1. The normalized spacial score (nSPS) is 10.7. The van der Waals surface area contributed by atoms with Crippen molar-refractivity contribution < 1.29 is 9.53 Å². The van der Waals surface area contributed by atoms with Gasteiger partial charge in [0.2, 0.25) is 0 Å². The monoisotopic (exact) mass is 173 g/mol. The summed E-state index contributed by atoms with van der Waals surface area (Å²) in [4.78, 5) is 11.1. The van der Waals surface area contributed by atoms with Crippen LogP contribution in [0.5, 0.6) is 0 Å². The van der Waals surface area contributed by atoms with Gasteiger partial charge >= 0.3 is 0 Å². The summed E-state index contributed by atoms with van der Waals surface area (Å²) in [7, 11) is 0. The van der Waals surface area contributed by atoms with E-state index in [-0.39, 0.29) is 12.4 Å². The molecule has 12 heavy (non-hydrogen) atoms. The molecule has 0 aliphatic carbocycles. The molecule has 0 bridgehead atoms. The van der Waals surface area contributed by atoms with Crippen LogP contribution in [0.3, 0.4) is 0 Å². The van der Waals surface area contributed by atoms with Gasteiger partial charge in [0.15, 0.2) is 5.78 Å². The summed E-state index contributed by atoms with van der Waals surface area (Å²) in [6, 6.07) is 0. The van der Waals surface area contributed by atoms with E-state index in [1.807, 2.05) is 0 Å². The molecule has 0 aromatic carbocycles. The van der Waals surface area contributed by atoms with Gasteiger partial charge in [-0.2, -0.15) is 0 Å². The average molecular weight is 173 g/mol. The Hall–Kier alpha value is -0.410. The van der Waals surface area contributed by atoms with Crippen LogP contribution in [0.4, 0.5) is 0 Å². The molecule has 0 amide bonds. The molecule has 0 atom stereocenters. The van der Waals surface area contributed by atoms with Crippen molar-refractivity contribution in [2.45, 2.75) is 26.7 Å². The second kappa shape index (κ2) is 7.25. The summed E-state index contributed by atoms with van der Waals surface area (Å²) in [6.07, 6.45) is 1.58. The minimum atomic E-state index is 0.178. The van der Waals surface area contributed by atoms with Crippen LogP contribution in [0, 0.1) is 5.92 Å². The first-order valence-corrected chi connectivity index (χ1v) is 4.46. The van der Waals surface area contributed by atoms with Crippen LogP contribution >= 0.6 is 0 Å². The van der Waals surface area contributed by atoms with Gasteiger partial charge in [-0.1, -0.05) is 13.8 Å². The number of ether oxygens (including phenoxy) is 1. The number of Topliss-reactive ketones (excluding diaryl/α,β-unsaturated/α-hetero) is 1. The summed E-state index contributed by atoms with van der Waals surface area (Å²) in [5.41, 5.74) is 5.20. The second-order valence-corrected chi connectivity index (χ2v) is 3.31. The first-order valence-electron chi connectivity index (χ1n) is 4.46. The molecule has 0 aliphatic rings. The van der Waals surface area contributed by atoms with Gasteiger partial charge in [0.05, 0.1) is 6.61 Å². The molecule has 0 radical (unpaired) electrons. The lowest BCUT2D eigenvalue weighted by Crippen LogP contribution is -2.14. The minimum Gasteiger partial charge on any atom is -0.372 e. The molecule has 2 N–H and O–H groups in total. The third-order valence-electron chi connectivity index (χ3n) is 1.53. The van der Waals surface area contributed by atoms with Crippen molar-refractivity contribution in [3.05, 3.63) is 0 Å². The molecule has 0 unspecified atom stereocenters. The van der Waals surface area contributed by atoms with Crippen LogP contribution in [0.25, 0.3) is 0 Å². The van der Waals surface area contributed by atoms with Crippen molar-refractivity contribution >= 4 is 5.78 Å². The van der Waals surface area contributed by atoms with E-state index in [1.54, 1.807) is 0 Å². The summed E-state index contributed by atoms with van der Waals surface area (Å²) in [6.45, 7) is 5.40. The molecule has 0 spiro atoms. The number of hydrogen-bond acceptors (Lipinski definition) is 3. The fourth-order valence-electron chi connectivity index (χ4n) is 0.791. The Bertz CT molecular complexity index is 124. The maximum Gasteiger partial charge on any atom is 0.158 e. The van der Waals surface area contributed by atoms with Gasteiger partial charge in [-0.25, -0.2) is 0 Å². The van der Waals surface area contributed by atoms with Gasteiger partial charge in [-0.05, 0) is 12.3 Å². The van der Waals surface area contributed by atoms with E-state index in [1.165, 1.54) is 0 Å². The standard InChI is InChI=1S/C9H19NO2/c1-8(2)3-4-9(11)7-12-6-5-10/h8H,3-7,10H2,1-2H3. The zero-order valence-corrected chi connectivity index (χ0v) is 8.01. The lowest BCUT2D eigenvalue weighted by molar-refractivity contribution is -0.123. The van der Waals surface area contributed by atoms with Crippen molar-refractivity contribution in [1.29, 1.82) is 0 Å². The lowest BCUT2D eigenvalue weighted by atomic mass is 10.1. The third-order valence-corrected chi connectivity index (χ3v) is 1.53. The van der Waals surface area contributed by atoms with E-state index in [0.717, 1.165) is 6.42 Å². The molecule has 0 aromatic heterocycles. The zero-order chi connectivity index (χ0) is 9.40. The number of carbonyl (C=O) groups excluding carboxylic acids is 1. The van der Waals surface area contributed by atoms with E-state index in [9.17, 15) is 4.79 Å². The highest BCUT2D eigenvalue weighted by Crippen LogP contribution is 2.03. The largest absolute Gasteiger partial charge is 0.372 e. The van der Waals surface area contributed by atoms with Gasteiger partial charge in [0.1, 0.15) is 6.61 Å². The SMILES string of the molecule is CC(C)CCC(=O)COCCN. The van der Waals surface area contributed by atoms with Gasteiger partial charge in [-0.3, -0.25) is 4.79 Å². The maximum absolute atomic E-state index is 11.1. The topological polar surface area (TPSA) is 52.3 Å². The van der Waals surface area contributed by atoms with Crippen molar-refractivity contribution in [2.75, 3.05) is 19.8 Å². The lowest BCUT2D eigenvalue weighted by Gasteiger charge is -2.03. The maximum atomic E-state index is 11.1. The molecule has 0 aromatic rings. The summed E-state index contributed by atoms with van der Waals surface area (Å²) in [5.74, 6) is 0.764. The van der Waals surface area contributed by atoms with Crippen LogP contribution in [0.15, 0.2) is 0 Å². The van der Waals surface area contributed by atoms with Crippen molar-refractivity contribution in [1.82, 2.24) is 0 Å². The molecule has 0 saturated heterocycles. The number of hydrogen-bond donors (Lipinski definition) is 1. The molecule has 72 valence electrons. The van der Waals surface area contributed by atoms with Crippen LogP contribution in [0.2, 0.25) is 0 Å². The van der Waals surface area contributed by atoms with Crippen LogP contribution in [-0.4, -0.2) is 25.5 Å². The van der Waals surface area contributed by atoms with Crippen LogP contribution in [0.1, 0.15) is 26.7 Å². The predicted octanol–water partition coefficient (Wildman–Crippen LogP) is 0.967. The molecular weight excluding hydrogens is 154 g/mol. The smallest absolute Gasteiger partial charge is 0.158 e. The van der Waals surface area contributed by atoms with Crippen LogP contribution in [-0.2, 0) is 9.53 Å². The molecular formula is C9H19NO2.